The summed E-state index contributed by atoms with van der Waals surface area (Å²) in [6.45, 7) is -0.169. The van der Waals surface area contributed by atoms with Crippen LogP contribution in [0.15, 0.2) is 12.1 Å². The molecule has 0 saturated heterocycles. The summed E-state index contributed by atoms with van der Waals surface area (Å²) in [5, 5.41) is 18.1. The number of phenols is 1. The molecule has 0 radical (unpaired) electrons. The van der Waals surface area contributed by atoms with Crippen LogP contribution in [-0.4, -0.2) is 23.9 Å². The number of rotatable bonds is 4. The first-order chi connectivity index (χ1) is 7.11. The van der Waals surface area contributed by atoms with Gasteiger partial charge in [-0.3, -0.25) is 0 Å². The Morgan fingerprint density at radius 1 is 1.53 bits per heavy atom. The summed E-state index contributed by atoms with van der Waals surface area (Å²) in [5.41, 5.74) is 5.59. The van der Waals surface area contributed by atoms with Crippen LogP contribution in [0.2, 0.25) is 0 Å². The van der Waals surface area contributed by atoms with Gasteiger partial charge in [-0.25, -0.2) is 4.39 Å². The zero-order valence-electron chi connectivity index (χ0n) is 8.40. The smallest absolute Gasteiger partial charge is 0.173 e. The maximum atomic E-state index is 13.7. The van der Waals surface area contributed by atoms with Crippen molar-refractivity contribution in [1.29, 1.82) is 0 Å². The molecule has 0 aliphatic rings. The number of nitrogens with two attached hydrogens (primary N) is 1. The maximum absolute atomic E-state index is 13.7. The second-order valence-corrected chi connectivity index (χ2v) is 3.13. The fraction of sp³-hybridized carbons (Fsp3) is 0.400. The fourth-order valence-corrected chi connectivity index (χ4v) is 1.36. The third-order valence-electron chi connectivity index (χ3n) is 2.15. The molecule has 15 heavy (non-hydrogen) atoms. The number of halogens is 1. The first-order valence-electron chi connectivity index (χ1n) is 4.53. The van der Waals surface area contributed by atoms with Gasteiger partial charge >= 0.3 is 0 Å². The molecular formula is C10H14FNO3. The van der Waals surface area contributed by atoms with Crippen molar-refractivity contribution in [2.24, 2.45) is 5.73 Å². The van der Waals surface area contributed by atoms with Gasteiger partial charge in [0.1, 0.15) is 5.75 Å². The number of methoxy groups -OCH3 is 1. The van der Waals surface area contributed by atoms with Gasteiger partial charge in [-0.1, -0.05) is 0 Å². The number of aromatic hydroxyl groups is 1. The molecule has 0 heterocycles. The molecule has 1 aromatic rings. The number of ether oxygens (including phenoxy) is 1. The lowest BCUT2D eigenvalue weighted by atomic mass is 10.0. The van der Waals surface area contributed by atoms with Crippen LogP contribution in [0.3, 0.4) is 0 Å². The first-order valence-corrected chi connectivity index (χ1v) is 4.53. The van der Waals surface area contributed by atoms with E-state index in [-0.39, 0.29) is 30.1 Å². The molecule has 4 nitrogen and oxygen atoms in total. The van der Waals surface area contributed by atoms with Crippen LogP contribution < -0.4 is 10.5 Å². The van der Waals surface area contributed by atoms with Crippen molar-refractivity contribution in [3.63, 3.8) is 0 Å². The van der Waals surface area contributed by atoms with E-state index in [0.29, 0.717) is 0 Å². The van der Waals surface area contributed by atoms with Crippen molar-refractivity contribution in [2.75, 3.05) is 13.7 Å². The van der Waals surface area contributed by atoms with Crippen LogP contribution in [0.1, 0.15) is 18.0 Å². The zero-order chi connectivity index (χ0) is 11.4. The molecule has 0 bridgehead atoms. The minimum atomic E-state index is -0.745. The van der Waals surface area contributed by atoms with Crippen LogP contribution in [-0.2, 0) is 0 Å². The highest BCUT2D eigenvalue weighted by atomic mass is 19.1. The standard InChI is InChI=1S/C10H14FNO3/c1-15-8-3-2-7(14)9(10(8)11)6(12)4-5-13/h2-3,6,13-14H,4-5,12H2,1H3. The van der Waals surface area contributed by atoms with Crippen LogP contribution in [0.5, 0.6) is 11.5 Å². The molecule has 0 aliphatic heterocycles. The molecule has 1 rings (SSSR count). The van der Waals surface area contributed by atoms with Gasteiger partial charge in [-0.05, 0) is 18.6 Å². The van der Waals surface area contributed by atoms with E-state index in [1.807, 2.05) is 0 Å². The normalized spacial score (nSPS) is 12.5. The molecule has 0 saturated carbocycles. The van der Waals surface area contributed by atoms with Crippen molar-refractivity contribution >= 4 is 0 Å². The average Bonchev–Trinajstić information content (AvgIpc) is 2.18. The van der Waals surface area contributed by atoms with Gasteiger partial charge in [0.15, 0.2) is 11.6 Å². The number of hydrogen-bond donors (Lipinski definition) is 3. The lowest BCUT2D eigenvalue weighted by molar-refractivity contribution is 0.273. The highest BCUT2D eigenvalue weighted by Crippen LogP contribution is 2.32. The highest BCUT2D eigenvalue weighted by Gasteiger charge is 2.19. The van der Waals surface area contributed by atoms with Crippen molar-refractivity contribution in [3.05, 3.63) is 23.5 Å². The Morgan fingerprint density at radius 3 is 2.73 bits per heavy atom. The Bertz CT molecular complexity index is 344. The molecular weight excluding hydrogens is 201 g/mol. The monoisotopic (exact) mass is 215 g/mol. The van der Waals surface area contributed by atoms with Crippen molar-refractivity contribution < 1.29 is 19.3 Å². The van der Waals surface area contributed by atoms with Crippen LogP contribution in [0, 0.1) is 5.82 Å². The van der Waals surface area contributed by atoms with Crippen LogP contribution >= 0.6 is 0 Å². The summed E-state index contributed by atoms with van der Waals surface area (Å²) in [5.74, 6) is -0.885. The molecule has 0 aromatic heterocycles. The molecule has 0 fully saturated rings. The topological polar surface area (TPSA) is 75.7 Å². The number of benzene rings is 1. The predicted octanol–water partition coefficient (Wildman–Crippen LogP) is 0.922. The summed E-state index contributed by atoms with van der Waals surface area (Å²) in [7, 11) is 1.33. The molecule has 5 heteroatoms. The molecule has 4 N–H and O–H groups in total. The molecule has 0 amide bonds. The molecule has 0 spiro atoms. The Hall–Kier alpha value is -1.33. The van der Waals surface area contributed by atoms with Gasteiger partial charge in [-0.2, -0.15) is 0 Å². The quantitative estimate of drug-likeness (QED) is 0.698. The highest BCUT2D eigenvalue weighted by molar-refractivity contribution is 5.42. The summed E-state index contributed by atoms with van der Waals surface area (Å²) in [6, 6.07) is 1.89. The Kier molecular flexibility index (Phi) is 3.88. The van der Waals surface area contributed by atoms with E-state index in [4.69, 9.17) is 15.6 Å². The van der Waals surface area contributed by atoms with E-state index >= 15 is 0 Å². The summed E-state index contributed by atoms with van der Waals surface area (Å²) >= 11 is 0. The SMILES string of the molecule is COc1ccc(O)c(C(N)CCO)c1F. The summed E-state index contributed by atoms with van der Waals surface area (Å²) in [4.78, 5) is 0. The average molecular weight is 215 g/mol. The van der Waals surface area contributed by atoms with Crippen molar-refractivity contribution in [1.82, 2.24) is 0 Å². The second kappa shape index (κ2) is 4.95. The molecule has 1 unspecified atom stereocenters. The van der Waals surface area contributed by atoms with Crippen LogP contribution in [0.4, 0.5) is 4.39 Å². The number of phenolic OH excluding ortho intramolecular Hbond substituents is 1. The minimum absolute atomic E-state index is 0.0242. The van der Waals surface area contributed by atoms with E-state index in [1.165, 1.54) is 19.2 Å². The third kappa shape index (κ3) is 2.37. The van der Waals surface area contributed by atoms with E-state index in [9.17, 15) is 9.50 Å². The van der Waals surface area contributed by atoms with Crippen LogP contribution in [0.25, 0.3) is 0 Å². The Labute approximate surface area is 87.1 Å². The van der Waals surface area contributed by atoms with E-state index in [1.54, 1.807) is 0 Å². The maximum Gasteiger partial charge on any atom is 0.173 e. The molecule has 1 aromatic carbocycles. The Balaban J connectivity index is 3.14. The van der Waals surface area contributed by atoms with Gasteiger partial charge in [0.05, 0.1) is 12.7 Å². The molecule has 0 aliphatic carbocycles. The lowest BCUT2D eigenvalue weighted by Gasteiger charge is -2.15. The largest absolute Gasteiger partial charge is 0.507 e. The van der Waals surface area contributed by atoms with Gasteiger partial charge in [0, 0.05) is 12.6 Å². The van der Waals surface area contributed by atoms with E-state index < -0.39 is 11.9 Å². The van der Waals surface area contributed by atoms with Gasteiger partial charge < -0.3 is 20.7 Å². The van der Waals surface area contributed by atoms with E-state index in [2.05, 4.69) is 0 Å². The first kappa shape index (κ1) is 11.7. The lowest BCUT2D eigenvalue weighted by Crippen LogP contribution is -2.14. The number of aliphatic hydroxyl groups is 1. The molecule has 84 valence electrons. The summed E-state index contributed by atoms with van der Waals surface area (Å²) in [6.07, 6.45) is 0.178. The fourth-order valence-electron chi connectivity index (χ4n) is 1.36. The second-order valence-electron chi connectivity index (χ2n) is 3.13. The number of aliphatic hydroxyl groups excluding tert-OH is 1. The number of hydrogen-bond acceptors (Lipinski definition) is 4. The van der Waals surface area contributed by atoms with Gasteiger partial charge in [0.25, 0.3) is 0 Å². The van der Waals surface area contributed by atoms with Crippen molar-refractivity contribution in [2.45, 2.75) is 12.5 Å². The van der Waals surface area contributed by atoms with E-state index in [0.717, 1.165) is 0 Å². The Morgan fingerprint density at radius 2 is 2.20 bits per heavy atom. The van der Waals surface area contributed by atoms with Crippen molar-refractivity contribution in [3.8, 4) is 11.5 Å². The zero-order valence-corrected chi connectivity index (χ0v) is 8.40. The molecule has 1 atom stereocenters. The van der Waals surface area contributed by atoms with Gasteiger partial charge in [0.2, 0.25) is 0 Å². The van der Waals surface area contributed by atoms with Gasteiger partial charge in [-0.15, -0.1) is 0 Å². The third-order valence-corrected chi connectivity index (χ3v) is 2.15. The summed E-state index contributed by atoms with van der Waals surface area (Å²) < 4.78 is 18.4. The predicted molar refractivity (Wildman–Crippen MR) is 53.2 cm³/mol. The minimum Gasteiger partial charge on any atom is -0.507 e.